The maximum Gasteiger partial charge on any atom is 0.307 e. The van der Waals surface area contributed by atoms with Crippen LogP contribution in [0.5, 0.6) is 0 Å². The Kier molecular flexibility index (Phi) is 5.60. The van der Waals surface area contributed by atoms with E-state index in [-0.39, 0.29) is 17.9 Å². The molecule has 1 saturated heterocycles. The Morgan fingerprint density at radius 3 is 2.74 bits per heavy atom. The molecule has 1 aliphatic rings. The number of nitrogens with two attached hydrogens (primary N) is 1. The predicted octanol–water partition coefficient (Wildman–Crippen LogP) is 2.03. The van der Waals surface area contributed by atoms with Gasteiger partial charge in [-0.05, 0) is 43.5 Å². The number of carbonyl (C=O) groups excluding carboxylic acids is 1. The molecule has 2 rings (SSSR count). The number of hydrogen-bond donors (Lipinski definition) is 3. The zero-order valence-electron chi connectivity index (χ0n) is 13.7. The van der Waals surface area contributed by atoms with Gasteiger partial charge in [-0.2, -0.15) is 0 Å². The number of carboxylic acids is 1. The number of anilines is 2. The molecule has 6 nitrogen and oxygen atoms in total. The topological polar surface area (TPSA) is 95.7 Å². The summed E-state index contributed by atoms with van der Waals surface area (Å²) in [7, 11) is 0. The number of benzene rings is 1. The van der Waals surface area contributed by atoms with E-state index in [0.717, 1.165) is 13.0 Å². The van der Waals surface area contributed by atoms with Crippen LogP contribution in [0.25, 0.3) is 0 Å². The number of nitrogen functional groups attached to an aromatic ring is 1. The monoisotopic (exact) mass is 319 g/mol. The second-order valence-corrected chi connectivity index (χ2v) is 6.48. The minimum absolute atomic E-state index is 0.0867. The molecule has 23 heavy (non-hydrogen) atoms. The second kappa shape index (κ2) is 7.46. The minimum atomic E-state index is -0.784. The quantitative estimate of drug-likeness (QED) is 0.722. The van der Waals surface area contributed by atoms with Gasteiger partial charge in [-0.1, -0.05) is 19.9 Å². The molecule has 1 heterocycles. The highest BCUT2D eigenvalue weighted by molar-refractivity contribution is 5.95. The van der Waals surface area contributed by atoms with Gasteiger partial charge in [-0.3, -0.25) is 14.5 Å². The van der Waals surface area contributed by atoms with Crippen molar-refractivity contribution >= 4 is 23.3 Å². The van der Waals surface area contributed by atoms with Gasteiger partial charge in [0.15, 0.2) is 0 Å². The normalized spacial score (nSPS) is 20.2. The number of carbonyl (C=O) groups is 2. The smallest absolute Gasteiger partial charge is 0.307 e. The third kappa shape index (κ3) is 4.45. The Hall–Kier alpha value is -2.08. The largest absolute Gasteiger partial charge is 0.481 e. The van der Waals surface area contributed by atoms with Crippen LogP contribution < -0.4 is 11.1 Å². The number of amides is 1. The highest BCUT2D eigenvalue weighted by atomic mass is 16.4. The lowest BCUT2D eigenvalue weighted by atomic mass is 9.93. The number of nitrogens with zero attached hydrogens (tertiary/aromatic N) is 1. The number of piperidine rings is 1. The summed E-state index contributed by atoms with van der Waals surface area (Å²) >= 11 is 0. The number of nitrogens with one attached hydrogen (secondary N) is 1. The van der Waals surface area contributed by atoms with Crippen LogP contribution in [0.15, 0.2) is 24.3 Å². The predicted molar refractivity (Wildman–Crippen MR) is 90.0 cm³/mol. The van der Waals surface area contributed by atoms with Crippen molar-refractivity contribution in [2.75, 3.05) is 24.1 Å². The number of aliphatic carboxylic acids is 1. The van der Waals surface area contributed by atoms with Gasteiger partial charge in [-0.15, -0.1) is 0 Å². The maximum atomic E-state index is 12.7. The van der Waals surface area contributed by atoms with Gasteiger partial charge < -0.3 is 16.2 Å². The molecule has 1 amide bonds. The average molecular weight is 319 g/mol. The van der Waals surface area contributed by atoms with Crippen LogP contribution in [0, 0.1) is 11.8 Å². The van der Waals surface area contributed by atoms with Crippen molar-refractivity contribution in [1.29, 1.82) is 0 Å². The Balaban J connectivity index is 2.11. The lowest BCUT2D eigenvalue weighted by Gasteiger charge is -2.38. The maximum absolute atomic E-state index is 12.7. The van der Waals surface area contributed by atoms with E-state index in [1.165, 1.54) is 0 Å². The average Bonchev–Trinajstić information content (AvgIpc) is 2.47. The highest BCUT2D eigenvalue weighted by Crippen LogP contribution is 2.23. The number of hydrogen-bond acceptors (Lipinski definition) is 4. The Labute approximate surface area is 136 Å². The summed E-state index contributed by atoms with van der Waals surface area (Å²) < 4.78 is 0. The summed E-state index contributed by atoms with van der Waals surface area (Å²) in [5.74, 6) is -1.21. The number of rotatable bonds is 5. The molecule has 1 fully saturated rings. The van der Waals surface area contributed by atoms with Gasteiger partial charge in [0.2, 0.25) is 5.91 Å². The molecule has 2 unspecified atom stereocenters. The summed E-state index contributed by atoms with van der Waals surface area (Å²) in [5.41, 5.74) is 6.99. The van der Waals surface area contributed by atoms with Gasteiger partial charge in [0.1, 0.15) is 0 Å². The van der Waals surface area contributed by atoms with Gasteiger partial charge in [0.25, 0.3) is 0 Å². The molecule has 0 radical (unpaired) electrons. The molecule has 2 atom stereocenters. The van der Waals surface area contributed by atoms with Crippen molar-refractivity contribution in [1.82, 2.24) is 4.90 Å². The number of likely N-dealkylation sites (tertiary alicyclic amines) is 1. The molecule has 1 aliphatic heterocycles. The first-order valence-corrected chi connectivity index (χ1v) is 8.01. The Morgan fingerprint density at radius 2 is 2.13 bits per heavy atom. The number of carboxylic acid groups (broad SMARTS) is 1. The van der Waals surface area contributed by atoms with Crippen molar-refractivity contribution in [3.63, 3.8) is 0 Å². The molecule has 1 aromatic rings. The Morgan fingerprint density at radius 1 is 1.39 bits per heavy atom. The molecule has 4 N–H and O–H groups in total. The zero-order chi connectivity index (χ0) is 17.0. The van der Waals surface area contributed by atoms with E-state index < -0.39 is 11.9 Å². The summed E-state index contributed by atoms with van der Waals surface area (Å²) in [6, 6.07) is 6.71. The lowest BCUT2D eigenvalue weighted by Crippen LogP contribution is -2.52. The van der Waals surface area contributed by atoms with Crippen molar-refractivity contribution in [2.24, 2.45) is 11.8 Å². The lowest BCUT2D eigenvalue weighted by molar-refractivity contribution is -0.145. The molecule has 0 bridgehead atoms. The van der Waals surface area contributed by atoms with Crippen LogP contribution in [-0.2, 0) is 9.59 Å². The molecule has 0 aliphatic carbocycles. The van der Waals surface area contributed by atoms with E-state index in [0.29, 0.717) is 24.3 Å². The van der Waals surface area contributed by atoms with Gasteiger partial charge in [-0.25, -0.2) is 0 Å². The molecule has 1 aromatic carbocycles. The van der Waals surface area contributed by atoms with Gasteiger partial charge >= 0.3 is 5.97 Å². The Bertz CT molecular complexity index is 574. The first-order chi connectivity index (χ1) is 10.9. The summed E-state index contributed by atoms with van der Waals surface area (Å²) in [4.78, 5) is 25.9. The first kappa shape index (κ1) is 17.3. The molecular formula is C17H25N3O3. The summed E-state index contributed by atoms with van der Waals surface area (Å²) in [5, 5.41) is 12.1. The first-order valence-electron chi connectivity index (χ1n) is 8.01. The third-order valence-corrected chi connectivity index (χ3v) is 4.25. The van der Waals surface area contributed by atoms with Crippen molar-refractivity contribution in [3.8, 4) is 0 Å². The minimum Gasteiger partial charge on any atom is -0.481 e. The zero-order valence-corrected chi connectivity index (χ0v) is 13.7. The van der Waals surface area contributed by atoms with E-state index in [1.807, 2.05) is 18.7 Å². The van der Waals surface area contributed by atoms with Crippen LogP contribution in [0.4, 0.5) is 11.4 Å². The highest BCUT2D eigenvalue weighted by Gasteiger charge is 2.34. The van der Waals surface area contributed by atoms with E-state index in [4.69, 9.17) is 5.73 Å². The van der Waals surface area contributed by atoms with Crippen LogP contribution >= 0.6 is 0 Å². The van der Waals surface area contributed by atoms with E-state index in [2.05, 4.69) is 5.32 Å². The van der Waals surface area contributed by atoms with Crippen LogP contribution in [0.2, 0.25) is 0 Å². The fourth-order valence-electron chi connectivity index (χ4n) is 3.18. The fraction of sp³-hybridized carbons (Fsp3) is 0.529. The van der Waals surface area contributed by atoms with Crippen molar-refractivity contribution in [2.45, 2.75) is 32.7 Å². The van der Waals surface area contributed by atoms with Crippen molar-refractivity contribution in [3.05, 3.63) is 24.3 Å². The molecular weight excluding hydrogens is 294 g/mol. The SMILES string of the molecule is CC(C)C(C(=O)Nc1cccc(N)c1)N1CCCC(C(=O)O)C1. The van der Waals surface area contributed by atoms with Crippen LogP contribution in [-0.4, -0.2) is 41.0 Å². The van der Waals surface area contributed by atoms with E-state index in [1.54, 1.807) is 24.3 Å². The molecule has 6 heteroatoms. The molecule has 0 saturated carbocycles. The van der Waals surface area contributed by atoms with Crippen LogP contribution in [0.1, 0.15) is 26.7 Å². The van der Waals surface area contributed by atoms with E-state index in [9.17, 15) is 14.7 Å². The summed E-state index contributed by atoms with van der Waals surface area (Å²) in [6.07, 6.45) is 1.47. The van der Waals surface area contributed by atoms with Crippen LogP contribution in [0.3, 0.4) is 0 Å². The van der Waals surface area contributed by atoms with E-state index >= 15 is 0 Å². The molecule has 0 aromatic heterocycles. The molecule has 0 spiro atoms. The fourth-order valence-corrected chi connectivity index (χ4v) is 3.18. The molecule has 126 valence electrons. The second-order valence-electron chi connectivity index (χ2n) is 6.48. The van der Waals surface area contributed by atoms with Gasteiger partial charge in [0.05, 0.1) is 12.0 Å². The third-order valence-electron chi connectivity index (χ3n) is 4.25. The van der Waals surface area contributed by atoms with Gasteiger partial charge in [0, 0.05) is 17.9 Å². The standard InChI is InChI=1S/C17H25N3O3/c1-11(2)15(20-8-4-5-12(10-20)17(22)23)16(21)19-14-7-3-6-13(18)9-14/h3,6-7,9,11-12,15H,4-5,8,10,18H2,1-2H3,(H,19,21)(H,22,23). The summed E-state index contributed by atoms with van der Waals surface area (Å²) in [6.45, 7) is 5.13. The van der Waals surface area contributed by atoms with Crippen molar-refractivity contribution < 1.29 is 14.7 Å².